The minimum Gasteiger partial charge on any atom is -0.459 e. The lowest BCUT2D eigenvalue weighted by molar-refractivity contribution is -0.157. The Morgan fingerprint density at radius 2 is 2.00 bits per heavy atom. The van der Waals surface area contributed by atoms with Gasteiger partial charge < -0.3 is 10.1 Å². The molecular weight excluding hydrogens is 425 g/mol. The van der Waals surface area contributed by atoms with E-state index in [0.717, 1.165) is 0 Å². The molecule has 2 N–H and O–H groups in total. The summed E-state index contributed by atoms with van der Waals surface area (Å²) >= 11 is 12.0. The number of nitrogens with zero attached hydrogens (tertiary/aromatic N) is 1. The zero-order valence-electron chi connectivity index (χ0n) is 15.6. The highest BCUT2D eigenvalue weighted by atomic mass is 35.5. The van der Waals surface area contributed by atoms with Crippen molar-refractivity contribution in [2.24, 2.45) is 0 Å². The maximum atomic E-state index is 12.8. The quantitative estimate of drug-likeness (QED) is 0.554. The van der Waals surface area contributed by atoms with Gasteiger partial charge in [0.2, 0.25) is 10.0 Å². The normalized spacial score (nSPS) is 20.5. The van der Waals surface area contributed by atoms with E-state index in [4.69, 9.17) is 27.9 Å². The van der Waals surface area contributed by atoms with E-state index in [1.54, 1.807) is 32.9 Å². The Morgan fingerprint density at radius 3 is 2.68 bits per heavy atom. The first-order valence-electron chi connectivity index (χ1n) is 8.69. The van der Waals surface area contributed by atoms with Crippen LogP contribution in [0.25, 0.3) is 10.8 Å². The maximum Gasteiger partial charge on any atom is 0.323 e. The lowest BCUT2D eigenvalue weighted by Gasteiger charge is -2.22. The van der Waals surface area contributed by atoms with Crippen LogP contribution in [0, 0.1) is 0 Å². The van der Waals surface area contributed by atoms with Crippen molar-refractivity contribution in [2.45, 2.75) is 49.8 Å². The topological polar surface area (TPSA) is 97.4 Å². The monoisotopic (exact) mass is 445 g/mol. The Bertz CT molecular complexity index is 1020. The Labute approximate surface area is 173 Å². The number of nitrogens with one attached hydrogen (secondary N) is 2. The average Bonchev–Trinajstić information content (AvgIpc) is 3.00. The lowest BCUT2D eigenvalue weighted by Crippen LogP contribution is -2.37. The van der Waals surface area contributed by atoms with E-state index in [1.165, 1.54) is 12.1 Å². The number of hydrogen-bond acceptors (Lipinski definition) is 6. The summed E-state index contributed by atoms with van der Waals surface area (Å²) in [6.07, 6.45) is 0.305. The number of esters is 1. The second-order valence-corrected chi connectivity index (χ2v) is 10.1. The second-order valence-electron chi connectivity index (χ2n) is 7.67. The van der Waals surface area contributed by atoms with Crippen LogP contribution in [0.15, 0.2) is 29.2 Å². The number of carbonyl (C=O) groups is 1. The Hall–Kier alpha value is -1.45. The van der Waals surface area contributed by atoms with Crippen molar-refractivity contribution in [3.63, 3.8) is 0 Å². The van der Waals surface area contributed by atoms with Crippen LogP contribution in [0.4, 0.5) is 0 Å². The van der Waals surface area contributed by atoms with Gasteiger partial charge in [-0.05, 0) is 50.8 Å². The summed E-state index contributed by atoms with van der Waals surface area (Å²) in [5, 5.41) is 4.55. The summed E-state index contributed by atoms with van der Waals surface area (Å²) in [6.45, 7) is 5.68. The molecule has 2 aromatic rings. The van der Waals surface area contributed by atoms with Crippen molar-refractivity contribution in [3.8, 4) is 0 Å². The largest absolute Gasteiger partial charge is 0.459 e. The Kier molecular flexibility index (Phi) is 5.89. The molecular formula is C18H21Cl2N3O4S. The van der Waals surface area contributed by atoms with Gasteiger partial charge in [0.25, 0.3) is 0 Å². The number of pyridine rings is 1. The second kappa shape index (κ2) is 7.76. The zero-order chi connectivity index (χ0) is 20.7. The summed E-state index contributed by atoms with van der Waals surface area (Å²) in [5.74, 6) is -0.394. The smallest absolute Gasteiger partial charge is 0.323 e. The molecule has 2 heterocycles. The molecule has 1 aromatic carbocycles. The van der Waals surface area contributed by atoms with Crippen molar-refractivity contribution < 1.29 is 17.9 Å². The fourth-order valence-corrected chi connectivity index (χ4v) is 4.76. The molecule has 0 radical (unpaired) electrons. The predicted octanol–water partition coefficient (Wildman–Crippen LogP) is 2.89. The molecule has 10 heteroatoms. The van der Waals surface area contributed by atoms with Gasteiger partial charge in [0, 0.05) is 18.0 Å². The number of carbonyl (C=O) groups excluding carboxylic acids is 1. The summed E-state index contributed by atoms with van der Waals surface area (Å²) in [5.41, 5.74) is -0.600. The SMILES string of the molecule is CC(C)(C)OC(=O)[C@@H]1CC(NS(=O)(=O)c2ccc3cc(Cl)nc(Cl)c3c2)CN1. The fraction of sp³-hybridized carbons (Fsp3) is 0.444. The van der Waals surface area contributed by atoms with E-state index in [9.17, 15) is 13.2 Å². The van der Waals surface area contributed by atoms with Crippen LogP contribution in [0.3, 0.4) is 0 Å². The third-order valence-corrected chi connectivity index (χ3v) is 6.18. The number of hydrogen-bond donors (Lipinski definition) is 2. The number of rotatable bonds is 4. The molecule has 1 aliphatic heterocycles. The van der Waals surface area contributed by atoms with E-state index in [1.807, 2.05) is 0 Å². The number of fused-ring (bicyclic) bond motifs is 1. The van der Waals surface area contributed by atoms with Gasteiger partial charge in [-0.1, -0.05) is 29.3 Å². The highest BCUT2D eigenvalue weighted by molar-refractivity contribution is 7.89. The number of sulfonamides is 1. The van der Waals surface area contributed by atoms with Crippen molar-refractivity contribution in [2.75, 3.05) is 6.54 Å². The Balaban J connectivity index is 1.74. The van der Waals surface area contributed by atoms with Gasteiger partial charge in [-0.3, -0.25) is 4.79 Å². The molecule has 1 aliphatic rings. The third kappa shape index (κ3) is 4.93. The van der Waals surface area contributed by atoms with Gasteiger partial charge >= 0.3 is 5.97 Å². The minimum absolute atomic E-state index is 0.0618. The van der Waals surface area contributed by atoms with Crippen LogP contribution in [0.1, 0.15) is 27.2 Å². The molecule has 0 amide bonds. The standard InChI is InChI=1S/C18H21Cl2N3O4S/c1-18(2,3)27-17(24)14-7-11(9-21-14)23-28(25,26)12-5-4-10-6-15(19)22-16(20)13(10)8-12/h4-6,8,11,14,21,23H,7,9H2,1-3H3/t11?,14-/m0/s1. The molecule has 152 valence electrons. The van der Waals surface area contributed by atoms with E-state index >= 15 is 0 Å². The zero-order valence-corrected chi connectivity index (χ0v) is 18.0. The van der Waals surface area contributed by atoms with E-state index in [0.29, 0.717) is 23.7 Å². The molecule has 28 heavy (non-hydrogen) atoms. The van der Waals surface area contributed by atoms with Gasteiger partial charge in [0.1, 0.15) is 21.9 Å². The highest BCUT2D eigenvalue weighted by Gasteiger charge is 2.34. The van der Waals surface area contributed by atoms with Gasteiger partial charge in [0.05, 0.1) is 4.90 Å². The third-order valence-electron chi connectivity index (χ3n) is 4.18. The molecule has 0 bridgehead atoms. The van der Waals surface area contributed by atoms with Crippen molar-refractivity contribution >= 4 is 50.0 Å². The molecule has 1 fully saturated rings. The molecule has 7 nitrogen and oxygen atoms in total. The first-order chi connectivity index (χ1) is 12.9. The molecule has 1 saturated heterocycles. The average molecular weight is 446 g/mol. The van der Waals surface area contributed by atoms with E-state index < -0.39 is 33.7 Å². The summed E-state index contributed by atoms with van der Waals surface area (Å²) in [7, 11) is -3.81. The number of ether oxygens (including phenoxy) is 1. The van der Waals surface area contributed by atoms with Gasteiger partial charge in [0.15, 0.2) is 0 Å². The maximum absolute atomic E-state index is 12.8. The molecule has 0 spiro atoms. The van der Waals surface area contributed by atoms with Crippen molar-refractivity contribution in [1.82, 2.24) is 15.0 Å². The van der Waals surface area contributed by atoms with E-state index in [2.05, 4.69) is 15.0 Å². The van der Waals surface area contributed by atoms with Gasteiger partial charge in [-0.15, -0.1) is 0 Å². The molecule has 1 unspecified atom stereocenters. The number of benzene rings is 1. The van der Waals surface area contributed by atoms with Crippen LogP contribution in [-0.2, 0) is 19.6 Å². The van der Waals surface area contributed by atoms with Crippen LogP contribution < -0.4 is 10.0 Å². The van der Waals surface area contributed by atoms with E-state index in [-0.39, 0.29) is 15.2 Å². The van der Waals surface area contributed by atoms with Gasteiger partial charge in [-0.25, -0.2) is 18.1 Å². The van der Waals surface area contributed by atoms with Crippen LogP contribution in [-0.4, -0.2) is 43.6 Å². The fourth-order valence-electron chi connectivity index (χ4n) is 2.99. The lowest BCUT2D eigenvalue weighted by atomic mass is 10.1. The van der Waals surface area contributed by atoms with Crippen molar-refractivity contribution in [3.05, 3.63) is 34.6 Å². The van der Waals surface area contributed by atoms with Crippen LogP contribution in [0.2, 0.25) is 10.3 Å². The summed E-state index contributed by atoms with van der Waals surface area (Å²) < 4.78 is 33.5. The molecule has 2 atom stereocenters. The molecule has 0 saturated carbocycles. The molecule has 0 aliphatic carbocycles. The Morgan fingerprint density at radius 1 is 1.29 bits per heavy atom. The predicted molar refractivity (Wildman–Crippen MR) is 108 cm³/mol. The van der Waals surface area contributed by atoms with Crippen LogP contribution >= 0.6 is 23.2 Å². The molecule has 1 aromatic heterocycles. The first kappa shape index (κ1) is 21.3. The van der Waals surface area contributed by atoms with Crippen LogP contribution in [0.5, 0.6) is 0 Å². The first-order valence-corrected chi connectivity index (χ1v) is 10.9. The summed E-state index contributed by atoms with van der Waals surface area (Å²) in [4.78, 5) is 16.2. The number of halogens is 2. The minimum atomic E-state index is -3.81. The van der Waals surface area contributed by atoms with Gasteiger partial charge in [-0.2, -0.15) is 0 Å². The number of aromatic nitrogens is 1. The highest BCUT2D eigenvalue weighted by Crippen LogP contribution is 2.27. The summed E-state index contributed by atoms with van der Waals surface area (Å²) in [6, 6.07) is 5.18. The van der Waals surface area contributed by atoms with Crippen molar-refractivity contribution in [1.29, 1.82) is 0 Å². The molecule has 3 rings (SSSR count).